The highest BCUT2D eigenvalue weighted by atomic mass is 16.4. The van der Waals surface area contributed by atoms with Crippen LogP contribution in [0.5, 0.6) is 0 Å². The summed E-state index contributed by atoms with van der Waals surface area (Å²) in [5.41, 5.74) is 0. The lowest BCUT2D eigenvalue weighted by molar-refractivity contribution is 0.127. The van der Waals surface area contributed by atoms with Gasteiger partial charge in [-0.05, 0) is 30.9 Å². The molecule has 0 aromatic carbocycles. The molecule has 2 heteroatoms. The van der Waals surface area contributed by atoms with Crippen LogP contribution in [0.4, 0.5) is 0 Å². The maximum absolute atomic E-state index is 9.85. The van der Waals surface area contributed by atoms with Crippen LogP contribution in [0, 0.1) is 5.92 Å². The highest BCUT2D eigenvalue weighted by molar-refractivity contribution is 5.01. The summed E-state index contributed by atoms with van der Waals surface area (Å²) >= 11 is 0. The van der Waals surface area contributed by atoms with Gasteiger partial charge in [0.1, 0.15) is 11.9 Å². The van der Waals surface area contributed by atoms with Crippen LogP contribution in [0.3, 0.4) is 0 Å². The molecule has 84 valence electrons. The number of furan rings is 1. The van der Waals surface area contributed by atoms with Crippen LogP contribution in [-0.2, 0) is 0 Å². The van der Waals surface area contributed by atoms with Crippen molar-refractivity contribution < 1.29 is 9.52 Å². The van der Waals surface area contributed by atoms with Gasteiger partial charge in [0.05, 0.1) is 6.26 Å². The van der Waals surface area contributed by atoms with E-state index in [-0.39, 0.29) is 0 Å². The summed E-state index contributed by atoms with van der Waals surface area (Å²) < 4.78 is 5.19. The Morgan fingerprint density at radius 3 is 2.80 bits per heavy atom. The number of hydrogen-bond donors (Lipinski definition) is 1. The van der Waals surface area contributed by atoms with E-state index in [0.29, 0.717) is 5.76 Å². The molecule has 0 radical (unpaired) electrons. The monoisotopic (exact) mass is 208 g/mol. The van der Waals surface area contributed by atoms with Gasteiger partial charge in [-0.15, -0.1) is 0 Å². The van der Waals surface area contributed by atoms with Crippen LogP contribution in [0.25, 0.3) is 0 Å². The average Bonchev–Trinajstić information content (AvgIpc) is 2.81. The zero-order chi connectivity index (χ0) is 10.5. The standard InChI is InChI=1S/C13H20O2/c14-12(13-7-4-10-15-13)9-8-11-5-2-1-3-6-11/h4,7,10-12,14H,1-3,5-6,8-9H2. The molecule has 1 atom stereocenters. The minimum absolute atomic E-state index is 0.401. The molecule has 0 saturated heterocycles. The van der Waals surface area contributed by atoms with Gasteiger partial charge in [0.15, 0.2) is 0 Å². The predicted octanol–water partition coefficient (Wildman–Crippen LogP) is 3.67. The third-order valence-electron chi connectivity index (χ3n) is 3.44. The van der Waals surface area contributed by atoms with Crippen LogP contribution in [0.2, 0.25) is 0 Å². The predicted molar refractivity (Wildman–Crippen MR) is 59.5 cm³/mol. The third-order valence-corrected chi connectivity index (χ3v) is 3.44. The van der Waals surface area contributed by atoms with Crippen molar-refractivity contribution in [3.63, 3.8) is 0 Å². The lowest BCUT2D eigenvalue weighted by atomic mass is 9.85. The molecule has 1 saturated carbocycles. The van der Waals surface area contributed by atoms with Crippen molar-refractivity contribution in [1.82, 2.24) is 0 Å². The molecule has 1 fully saturated rings. The Bertz CT molecular complexity index is 260. The second-order valence-electron chi connectivity index (χ2n) is 4.61. The topological polar surface area (TPSA) is 33.4 Å². The van der Waals surface area contributed by atoms with E-state index in [1.54, 1.807) is 6.26 Å². The van der Waals surface area contributed by atoms with Gasteiger partial charge in [-0.2, -0.15) is 0 Å². The van der Waals surface area contributed by atoms with E-state index in [1.165, 1.54) is 32.1 Å². The van der Waals surface area contributed by atoms with Crippen molar-refractivity contribution in [3.05, 3.63) is 24.2 Å². The Labute approximate surface area is 91.3 Å². The first-order valence-electron chi connectivity index (χ1n) is 6.08. The Kier molecular flexibility index (Phi) is 3.84. The van der Waals surface area contributed by atoms with E-state index < -0.39 is 6.10 Å². The molecule has 1 heterocycles. The lowest BCUT2D eigenvalue weighted by Crippen LogP contribution is -2.08. The van der Waals surface area contributed by atoms with Crippen LogP contribution in [0.1, 0.15) is 56.8 Å². The zero-order valence-electron chi connectivity index (χ0n) is 9.19. The molecule has 0 aliphatic heterocycles. The summed E-state index contributed by atoms with van der Waals surface area (Å²) in [5.74, 6) is 1.55. The summed E-state index contributed by atoms with van der Waals surface area (Å²) in [7, 11) is 0. The number of aliphatic hydroxyl groups is 1. The van der Waals surface area contributed by atoms with E-state index in [9.17, 15) is 5.11 Å². The molecule has 0 spiro atoms. The minimum atomic E-state index is -0.401. The Balaban J connectivity index is 1.73. The maximum Gasteiger partial charge on any atom is 0.132 e. The Hall–Kier alpha value is -0.760. The zero-order valence-corrected chi connectivity index (χ0v) is 9.19. The fraction of sp³-hybridized carbons (Fsp3) is 0.692. The molecule has 1 aromatic rings. The molecular weight excluding hydrogens is 188 g/mol. The van der Waals surface area contributed by atoms with Crippen molar-refractivity contribution in [2.75, 3.05) is 0 Å². The van der Waals surface area contributed by atoms with Crippen LogP contribution in [-0.4, -0.2) is 5.11 Å². The van der Waals surface area contributed by atoms with Crippen molar-refractivity contribution in [1.29, 1.82) is 0 Å². The molecule has 1 unspecified atom stereocenters. The summed E-state index contributed by atoms with van der Waals surface area (Å²) in [5, 5.41) is 9.85. The molecular formula is C13H20O2. The highest BCUT2D eigenvalue weighted by Gasteiger charge is 2.16. The van der Waals surface area contributed by atoms with Crippen molar-refractivity contribution in [2.24, 2.45) is 5.92 Å². The van der Waals surface area contributed by atoms with E-state index in [4.69, 9.17) is 4.42 Å². The fourth-order valence-corrected chi connectivity index (χ4v) is 2.49. The first-order valence-corrected chi connectivity index (χ1v) is 6.08. The van der Waals surface area contributed by atoms with E-state index >= 15 is 0 Å². The van der Waals surface area contributed by atoms with Gasteiger partial charge < -0.3 is 9.52 Å². The van der Waals surface area contributed by atoms with Gasteiger partial charge in [0.25, 0.3) is 0 Å². The molecule has 1 N–H and O–H groups in total. The third kappa shape index (κ3) is 3.10. The SMILES string of the molecule is OC(CCC1CCCCC1)c1ccco1. The number of hydrogen-bond acceptors (Lipinski definition) is 2. The van der Waals surface area contributed by atoms with E-state index in [2.05, 4.69) is 0 Å². The molecule has 0 amide bonds. The van der Waals surface area contributed by atoms with Gasteiger partial charge in [-0.25, -0.2) is 0 Å². The first-order chi connectivity index (χ1) is 7.36. The van der Waals surface area contributed by atoms with Gasteiger partial charge in [0, 0.05) is 0 Å². The van der Waals surface area contributed by atoms with Crippen LogP contribution >= 0.6 is 0 Å². The molecule has 2 rings (SSSR count). The highest BCUT2D eigenvalue weighted by Crippen LogP contribution is 2.30. The quantitative estimate of drug-likeness (QED) is 0.819. The Morgan fingerprint density at radius 1 is 1.33 bits per heavy atom. The second kappa shape index (κ2) is 5.36. The van der Waals surface area contributed by atoms with Crippen LogP contribution < -0.4 is 0 Å². The number of rotatable bonds is 4. The Morgan fingerprint density at radius 2 is 2.13 bits per heavy atom. The summed E-state index contributed by atoms with van der Waals surface area (Å²) in [6, 6.07) is 3.69. The van der Waals surface area contributed by atoms with Crippen molar-refractivity contribution in [2.45, 2.75) is 51.0 Å². The largest absolute Gasteiger partial charge is 0.467 e. The molecule has 0 bridgehead atoms. The van der Waals surface area contributed by atoms with Crippen molar-refractivity contribution >= 4 is 0 Å². The summed E-state index contributed by atoms with van der Waals surface area (Å²) in [6.45, 7) is 0. The fourth-order valence-electron chi connectivity index (χ4n) is 2.49. The lowest BCUT2D eigenvalue weighted by Gasteiger charge is -2.22. The molecule has 15 heavy (non-hydrogen) atoms. The first kappa shape index (κ1) is 10.7. The molecule has 1 aliphatic carbocycles. The smallest absolute Gasteiger partial charge is 0.132 e. The summed E-state index contributed by atoms with van der Waals surface area (Å²) in [4.78, 5) is 0. The molecule has 1 aliphatic rings. The summed E-state index contributed by atoms with van der Waals surface area (Å²) in [6.07, 6.45) is 10.1. The molecule has 1 aromatic heterocycles. The second-order valence-corrected chi connectivity index (χ2v) is 4.61. The van der Waals surface area contributed by atoms with E-state index in [0.717, 1.165) is 18.8 Å². The maximum atomic E-state index is 9.85. The normalized spacial score (nSPS) is 20.3. The van der Waals surface area contributed by atoms with Gasteiger partial charge >= 0.3 is 0 Å². The van der Waals surface area contributed by atoms with Crippen molar-refractivity contribution in [3.8, 4) is 0 Å². The number of aliphatic hydroxyl groups excluding tert-OH is 1. The van der Waals surface area contributed by atoms with Gasteiger partial charge in [-0.1, -0.05) is 32.1 Å². The van der Waals surface area contributed by atoms with E-state index in [1.807, 2.05) is 12.1 Å². The molecule has 2 nitrogen and oxygen atoms in total. The minimum Gasteiger partial charge on any atom is -0.467 e. The average molecular weight is 208 g/mol. The van der Waals surface area contributed by atoms with Crippen LogP contribution in [0.15, 0.2) is 22.8 Å². The van der Waals surface area contributed by atoms with Gasteiger partial charge in [-0.3, -0.25) is 0 Å². The van der Waals surface area contributed by atoms with Gasteiger partial charge in [0.2, 0.25) is 0 Å².